The van der Waals surface area contributed by atoms with Gasteiger partial charge in [0.2, 0.25) is 0 Å². The van der Waals surface area contributed by atoms with E-state index in [1.54, 1.807) is 0 Å². The molecule has 238 valence electrons. The summed E-state index contributed by atoms with van der Waals surface area (Å²) in [6.45, 7) is 0. The third-order valence-corrected chi connectivity index (χ3v) is 12.7. The van der Waals surface area contributed by atoms with E-state index >= 15 is 0 Å². The third kappa shape index (κ3) is 4.52. The van der Waals surface area contributed by atoms with Crippen LogP contribution in [0.3, 0.4) is 0 Å². The molecule has 0 amide bonds. The Morgan fingerprint density at radius 3 is 1.75 bits per heavy atom. The minimum absolute atomic E-state index is 1.18. The van der Waals surface area contributed by atoms with Crippen LogP contribution in [-0.4, -0.2) is 4.57 Å². The molecule has 0 bridgehead atoms. The lowest BCUT2D eigenvalue weighted by molar-refractivity contribution is 1.19. The molecule has 3 aromatic heterocycles. The normalized spacial score (nSPS) is 11.9. The van der Waals surface area contributed by atoms with E-state index in [4.69, 9.17) is 0 Å². The standard InChI is InChI=1S/C48H29NS2/c1-2-11-30(12-3-1)31-13-10-14-34(25-31)41-28-35(29-42-39-17-6-9-20-46(39)51-48(41)42)49-43-18-7-4-15-36(43)37-23-21-32(26-44(37)49)33-22-24-40-38-16-5-8-19-45(38)50-47(40)27-33/h1-29H. The van der Waals surface area contributed by atoms with Gasteiger partial charge >= 0.3 is 0 Å². The zero-order valence-corrected chi connectivity index (χ0v) is 29.1. The van der Waals surface area contributed by atoms with E-state index < -0.39 is 0 Å². The number of rotatable bonds is 4. The Labute approximate surface area is 302 Å². The molecule has 0 aliphatic rings. The van der Waals surface area contributed by atoms with Crippen LogP contribution in [0.1, 0.15) is 0 Å². The molecule has 0 aliphatic carbocycles. The van der Waals surface area contributed by atoms with Crippen LogP contribution >= 0.6 is 22.7 Å². The molecular formula is C48H29NS2. The Kier molecular flexibility index (Phi) is 6.36. The summed E-state index contributed by atoms with van der Waals surface area (Å²) in [6.07, 6.45) is 0. The quantitative estimate of drug-likeness (QED) is 0.174. The average Bonchev–Trinajstić information content (AvgIpc) is 3.87. The average molecular weight is 684 g/mol. The van der Waals surface area contributed by atoms with Gasteiger partial charge in [-0.05, 0) is 76.3 Å². The summed E-state index contributed by atoms with van der Waals surface area (Å²) in [4.78, 5) is 0. The summed E-state index contributed by atoms with van der Waals surface area (Å²) in [5.41, 5.74) is 11.0. The molecule has 11 rings (SSSR count). The van der Waals surface area contributed by atoms with Crippen LogP contribution in [0.2, 0.25) is 0 Å². The topological polar surface area (TPSA) is 4.93 Å². The van der Waals surface area contributed by atoms with E-state index in [0.717, 1.165) is 0 Å². The smallest absolute Gasteiger partial charge is 0.0547 e. The van der Waals surface area contributed by atoms with Gasteiger partial charge in [0.15, 0.2) is 0 Å². The predicted molar refractivity (Wildman–Crippen MR) is 223 cm³/mol. The Hall–Kier alpha value is -6.00. The van der Waals surface area contributed by atoms with Gasteiger partial charge in [-0.25, -0.2) is 0 Å². The Balaban J connectivity index is 1.17. The minimum Gasteiger partial charge on any atom is -0.309 e. The van der Waals surface area contributed by atoms with Crippen LogP contribution in [0, 0.1) is 0 Å². The maximum absolute atomic E-state index is 2.49. The van der Waals surface area contributed by atoms with Crippen molar-refractivity contribution >= 4 is 84.8 Å². The first kappa shape index (κ1) is 28.8. The van der Waals surface area contributed by atoms with Crippen LogP contribution < -0.4 is 0 Å². The maximum atomic E-state index is 2.49. The van der Waals surface area contributed by atoms with Crippen molar-refractivity contribution in [2.45, 2.75) is 0 Å². The maximum Gasteiger partial charge on any atom is 0.0547 e. The van der Waals surface area contributed by atoms with Crippen LogP contribution in [-0.2, 0) is 0 Å². The molecule has 1 nitrogen and oxygen atoms in total. The highest BCUT2D eigenvalue weighted by molar-refractivity contribution is 7.26. The molecule has 0 unspecified atom stereocenters. The second-order valence-corrected chi connectivity index (χ2v) is 15.4. The fourth-order valence-corrected chi connectivity index (χ4v) is 10.4. The van der Waals surface area contributed by atoms with E-state index in [9.17, 15) is 0 Å². The van der Waals surface area contributed by atoms with Crippen molar-refractivity contribution in [1.82, 2.24) is 4.57 Å². The predicted octanol–water partition coefficient (Wildman–Crippen LogP) is 14.5. The Morgan fingerprint density at radius 1 is 0.314 bits per heavy atom. The number of aromatic nitrogens is 1. The van der Waals surface area contributed by atoms with Crippen molar-refractivity contribution in [2.24, 2.45) is 0 Å². The number of hydrogen-bond acceptors (Lipinski definition) is 2. The van der Waals surface area contributed by atoms with Gasteiger partial charge in [-0.3, -0.25) is 0 Å². The van der Waals surface area contributed by atoms with E-state index in [0.29, 0.717) is 0 Å². The van der Waals surface area contributed by atoms with Crippen LogP contribution in [0.25, 0.3) is 101 Å². The highest BCUT2D eigenvalue weighted by atomic mass is 32.1. The lowest BCUT2D eigenvalue weighted by Gasteiger charge is -2.14. The second-order valence-electron chi connectivity index (χ2n) is 13.3. The number of para-hydroxylation sites is 1. The molecular weight excluding hydrogens is 655 g/mol. The second kappa shape index (κ2) is 11.3. The number of thiophene rings is 2. The molecule has 0 saturated carbocycles. The zero-order chi connectivity index (χ0) is 33.5. The summed E-state index contributed by atoms with van der Waals surface area (Å²) in [5, 5.41) is 7.79. The fourth-order valence-electron chi connectivity index (χ4n) is 7.99. The molecule has 0 atom stereocenters. The van der Waals surface area contributed by atoms with Gasteiger partial charge < -0.3 is 4.57 Å². The summed E-state index contributed by atoms with van der Waals surface area (Å²) >= 11 is 3.77. The zero-order valence-electron chi connectivity index (χ0n) is 27.5. The van der Waals surface area contributed by atoms with Gasteiger partial charge in [0.05, 0.1) is 11.0 Å². The van der Waals surface area contributed by atoms with E-state index in [1.165, 1.54) is 101 Å². The van der Waals surface area contributed by atoms with E-state index in [2.05, 4.69) is 180 Å². The number of hydrogen-bond donors (Lipinski definition) is 0. The van der Waals surface area contributed by atoms with Crippen molar-refractivity contribution in [3.05, 3.63) is 176 Å². The lowest BCUT2D eigenvalue weighted by Crippen LogP contribution is -1.95. The fraction of sp³-hybridized carbons (Fsp3) is 0. The van der Waals surface area contributed by atoms with Gasteiger partial charge in [-0.1, -0.05) is 127 Å². The van der Waals surface area contributed by atoms with E-state index in [1.807, 2.05) is 22.7 Å². The third-order valence-electron chi connectivity index (χ3n) is 10.4. The van der Waals surface area contributed by atoms with Crippen LogP contribution in [0.4, 0.5) is 0 Å². The molecule has 11 aromatic rings. The largest absolute Gasteiger partial charge is 0.309 e. The SMILES string of the molecule is c1ccc(-c2cccc(-c3cc(-n4c5ccccc5c5ccc(-c6ccc7c(c6)sc6ccccc67)cc54)cc4c3sc3ccccc34)c2)cc1. The highest BCUT2D eigenvalue weighted by Gasteiger charge is 2.18. The summed E-state index contributed by atoms with van der Waals surface area (Å²) < 4.78 is 7.78. The minimum atomic E-state index is 1.18. The van der Waals surface area contributed by atoms with E-state index in [-0.39, 0.29) is 0 Å². The molecule has 0 saturated heterocycles. The number of nitrogens with zero attached hydrogens (tertiary/aromatic N) is 1. The molecule has 0 fully saturated rings. The number of fused-ring (bicyclic) bond motifs is 9. The molecule has 0 radical (unpaired) electrons. The molecule has 3 heteroatoms. The van der Waals surface area contributed by atoms with Crippen molar-refractivity contribution < 1.29 is 0 Å². The van der Waals surface area contributed by atoms with Gasteiger partial charge in [-0.15, -0.1) is 22.7 Å². The van der Waals surface area contributed by atoms with Crippen molar-refractivity contribution in [3.8, 4) is 39.1 Å². The summed E-state index contributed by atoms with van der Waals surface area (Å²) in [5.74, 6) is 0. The van der Waals surface area contributed by atoms with Crippen molar-refractivity contribution in [3.63, 3.8) is 0 Å². The van der Waals surface area contributed by atoms with Gasteiger partial charge in [-0.2, -0.15) is 0 Å². The Bertz CT molecular complexity index is 3140. The van der Waals surface area contributed by atoms with Gasteiger partial charge in [0.1, 0.15) is 0 Å². The Morgan fingerprint density at radius 2 is 0.902 bits per heavy atom. The highest BCUT2D eigenvalue weighted by Crippen LogP contribution is 2.44. The van der Waals surface area contributed by atoms with Crippen molar-refractivity contribution in [1.29, 1.82) is 0 Å². The van der Waals surface area contributed by atoms with Crippen molar-refractivity contribution in [2.75, 3.05) is 0 Å². The van der Waals surface area contributed by atoms with Crippen LogP contribution in [0.5, 0.6) is 0 Å². The first-order valence-electron chi connectivity index (χ1n) is 17.3. The molecule has 0 N–H and O–H groups in total. The lowest BCUT2D eigenvalue weighted by atomic mass is 9.97. The molecule has 8 aromatic carbocycles. The van der Waals surface area contributed by atoms with Crippen LogP contribution in [0.15, 0.2) is 176 Å². The summed E-state index contributed by atoms with van der Waals surface area (Å²) in [6, 6.07) is 65.0. The summed E-state index contributed by atoms with van der Waals surface area (Å²) in [7, 11) is 0. The molecule has 3 heterocycles. The molecule has 51 heavy (non-hydrogen) atoms. The first-order chi connectivity index (χ1) is 25.3. The number of benzene rings is 8. The molecule has 0 aliphatic heterocycles. The molecule has 0 spiro atoms. The first-order valence-corrected chi connectivity index (χ1v) is 19.0. The van der Waals surface area contributed by atoms with Gasteiger partial charge in [0.25, 0.3) is 0 Å². The van der Waals surface area contributed by atoms with Gasteiger partial charge in [0, 0.05) is 62.4 Å². The monoisotopic (exact) mass is 683 g/mol.